The van der Waals surface area contributed by atoms with Crippen molar-refractivity contribution >= 4 is 17.3 Å². The summed E-state index contributed by atoms with van der Waals surface area (Å²) in [5.41, 5.74) is 2.74. The predicted octanol–water partition coefficient (Wildman–Crippen LogP) is 4.20. The van der Waals surface area contributed by atoms with E-state index in [9.17, 15) is 4.79 Å². The number of carbonyl (C=O) groups excluding carboxylic acids is 1. The van der Waals surface area contributed by atoms with Crippen LogP contribution in [0.5, 0.6) is 0 Å². The van der Waals surface area contributed by atoms with Crippen LogP contribution in [0.15, 0.2) is 36.4 Å². The Hall–Kier alpha value is -1.61. The standard InChI is InChI=1S/C17H18O2S/c1-2-19-17(18)16-11-14-10-13(8-9-15(14)20-16)12-6-4-3-5-7-12/h3-7,11,13H,2,8-10H2,1H3. The van der Waals surface area contributed by atoms with Crippen molar-refractivity contribution in [3.05, 3.63) is 57.3 Å². The van der Waals surface area contributed by atoms with Crippen molar-refractivity contribution in [1.82, 2.24) is 0 Å². The van der Waals surface area contributed by atoms with E-state index in [1.807, 2.05) is 13.0 Å². The Morgan fingerprint density at radius 3 is 2.90 bits per heavy atom. The molecule has 1 heterocycles. The lowest BCUT2D eigenvalue weighted by molar-refractivity contribution is 0.0532. The van der Waals surface area contributed by atoms with E-state index >= 15 is 0 Å². The topological polar surface area (TPSA) is 26.3 Å². The summed E-state index contributed by atoms with van der Waals surface area (Å²) in [5.74, 6) is 0.400. The van der Waals surface area contributed by atoms with E-state index in [0.29, 0.717) is 12.5 Å². The van der Waals surface area contributed by atoms with Crippen LogP contribution in [0.25, 0.3) is 0 Å². The molecule has 3 heteroatoms. The molecule has 0 fully saturated rings. The van der Waals surface area contributed by atoms with Crippen molar-refractivity contribution in [1.29, 1.82) is 0 Å². The molecule has 1 aromatic carbocycles. The highest BCUT2D eigenvalue weighted by atomic mass is 32.1. The molecule has 0 N–H and O–H groups in total. The highest BCUT2D eigenvalue weighted by Gasteiger charge is 2.24. The van der Waals surface area contributed by atoms with Crippen molar-refractivity contribution in [2.24, 2.45) is 0 Å². The Morgan fingerprint density at radius 1 is 1.35 bits per heavy atom. The molecule has 0 saturated heterocycles. The zero-order valence-corrected chi connectivity index (χ0v) is 12.4. The lowest BCUT2D eigenvalue weighted by Gasteiger charge is -2.22. The van der Waals surface area contributed by atoms with Gasteiger partial charge in [0.05, 0.1) is 6.61 Å². The van der Waals surface area contributed by atoms with Crippen LogP contribution in [0.1, 0.15) is 44.9 Å². The molecule has 0 saturated carbocycles. The van der Waals surface area contributed by atoms with Gasteiger partial charge in [-0.3, -0.25) is 0 Å². The number of thiophene rings is 1. The minimum absolute atomic E-state index is 0.178. The quantitative estimate of drug-likeness (QED) is 0.791. The lowest BCUT2D eigenvalue weighted by atomic mass is 9.83. The fourth-order valence-corrected chi connectivity index (χ4v) is 3.94. The third kappa shape index (κ3) is 2.63. The third-order valence-electron chi connectivity index (χ3n) is 3.83. The molecule has 0 aliphatic heterocycles. The fraction of sp³-hybridized carbons (Fsp3) is 0.353. The Labute approximate surface area is 123 Å². The molecule has 1 aromatic heterocycles. The number of benzene rings is 1. The average molecular weight is 286 g/mol. The maximum atomic E-state index is 11.8. The Bertz CT molecular complexity index is 601. The number of hydrogen-bond donors (Lipinski definition) is 0. The Morgan fingerprint density at radius 2 is 2.15 bits per heavy atom. The maximum absolute atomic E-state index is 11.8. The number of hydrogen-bond acceptors (Lipinski definition) is 3. The highest BCUT2D eigenvalue weighted by Crippen LogP contribution is 2.37. The van der Waals surface area contributed by atoms with Crippen LogP contribution in [-0.4, -0.2) is 12.6 Å². The molecule has 0 amide bonds. The molecule has 1 aliphatic rings. The molecular weight excluding hydrogens is 268 g/mol. The molecule has 2 nitrogen and oxygen atoms in total. The van der Waals surface area contributed by atoms with E-state index in [4.69, 9.17) is 4.74 Å². The number of carbonyl (C=O) groups is 1. The van der Waals surface area contributed by atoms with Crippen molar-refractivity contribution in [3.8, 4) is 0 Å². The van der Waals surface area contributed by atoms with Crippen LogP contribution in [0, 0.1) is 0 Å². The van der Waals surface area contributed by atoms with Crippen LogP contribution in [0.4, 0.5) is 0 Å². The molecule has 2 aromatic rings. The van der Waals surface area contributed by atoms with Gasteiger partial charge >= 0.3 is 5.97 Å². The van der Waals surface area contributed by atoms with Gasteiger partial charge in [-0.1, -0.05) is 30.3 Å². The molecule has 3 rings (SSSR count). The van der Waals surface area contributed by atoms with E-state index in [1.54, 1.807) is 11.3 Å². The Balaban J connectivity index is 1.80. The van der Waals surface area contributed by atoms with Crippen molar-refractivity contribution < 1.29 is 9.53 Å². The van der Waals surface area contributed by atoms with Crippen molar-refractivity contribution in [2.75, 3.05) is 6.61 Å². The summed E-state index contributed by atoms with van der Waals surface area (Å²) in [6.45, 7) is 2.28. The minimum atomic E-state index is -0.178. The van der Waals surface area contributed by atoms with Crippen LogP contribution in [0.3, 0.4) is 0 Å². The monoisotopic (exact) mass is 286 g/mol. The first-order valence-corrected chi connectivity index (χ1v) is 7.93. The van der Waals surface area contributed by atoms with Crippen molar-refractivity contribution in [3.63, 3.8) is 0 Å². The molecular formula is C17H18O2S. The van der Waals surface area contributed by atoms with Crippen LogP contribution in [0.2, 0.25) is 0 Å². The summed E-state index contributed by atoms with van der Waals surface area (Å²) in [4.78, 5) is 13.9. The minimum Gasteiger partial charge on any atom is -0.462 e. The van der Waals surface area contributed by atoms with Gasteiger partial charge in [0.2, 0.25) is 0 Å². The Kier molecular flexibility index (Phi) is 3.88. The molecule has 1 aliphatic carbocycles. The van der Waals surface area contributed by atoms with Gasteiger partial charge < -0.3 is 4.74 Å². The fourth-order valence-electron chi connectivity index (χ4n) is 2.84. The number of aryl methyl sites for hydroxylation is 1. The van der Waals surface area contributed by atoms with Gasteiger partial charge in [0.15, 0.2) is 0 Å². The smallest absolute Gasteiger partial charge is 0.348 e. The highest BCUT2D eigenvalue weighted by molar-refractivity contribution is 7.14. The first-order chi connectivity index (χ1) is 9.78. The summed E-state index contributed by atoms with van der Waals surface area (Å²) >= 11 is 1.61. The van der Waals surface area contributed by atoms with Gasteiger partial charge in [-0.05, 0) is 49.3 Å². The zero-order chi connectivity index (χ0) is 13.9. The lowest BCUT2D eigenvalue weighted by Crippen LogP contribution is -2.10. The van der Waals surface area contributed by atoms with Gasteiger partial charge in [-0.25, -0.2) is 4.79 Å². The molecule has 1 atom stereocenters. The van der Waals surface area contributed by atoms with Gasteiger partial charge in [0, 0.05) is 4.88 Å². The summed E-state index contributed by atoms with van der Waals surface area (Å²) in [6.07, 6.45) is 3.27. The first kappa shape index (κ1) is 13.4. The number of rotatable bonds is 3. The molecule has 0 radical (unpaired) electrons. The van der Waals surface area contributed by atoms with E-state index in [1.165, 1.54) is 22.4 Å². The van der Waals surface area contributed by atoms with E-state index < -0.39 is 0 Å². The molecule has 1 unspecified atom stereocenters. The second-order valence-corrected chi connectivity index (χ2v) is 6.27. The second-order valence-electron chi connectivity index (χ2n) is 5.13. The summed E-state index contributed by atoms with van der Waals surface area (Å²) in [7, 11) is 0. The van der Waals surface area contributed by atoms with Crippen LogP contribution >= 0.6 is 11.3 Å². The number of ether oxygens (including phenoxy) is 1. The van der Waals surface area contributed by atoms with E-state index in [0.717, 1.165) is 17.7 Å². The third-order valence-corrected chi connectivity index (χ3v) is 5.05. The van der Waals surface area contributed by atoms with Gasteiger partial charge in [-0.15, -0.1) is 11.3 Å². The molecule has 0 spiro atoms. The van der Waals surface area contributed by atoms with Gasteiger partial charge in [-0.2, -0.15) is 0 Å². The maximum Gasteiger partial charge on any atom is 0.348 e. The first-order valence-electron chi connectivity index (χ1n) is 7.11. The second kappa shape index (κ2) is 5.80. The summed E-state index contributed by atoms with van der Waals surface area (Å²) in [5, 5.41) is 0. The average Bonchev–Trinajstić information content (AvgIpc) is 2.91. The van der Waals surface area contributed by atoms with Crippen molar-refractivity contribution in [2.45, 2.75) is 32.1 Å². The van der Waals surface area contributed by atoms with Gasteiger partial charge in [0.1, 0.15) is 4.88 Å². The SMILES string of the molecule is CCOC(=O)c1cc2c(s1)CCC(c1ccccc1)C2. The van der Waals surface area contributed by atoms with E-state index in [2.05, 4.69) is 30.3 Å². The van der Waals surface area contributed by atoms with E-state index in [-0.39, 0.29) is 5.97 Å². The molecule has 0 bridgehead atoms. The normalized spacial score (nSPS) is 17.6. The van der Waals surface area contributed by atoms with Gasteiger partial charge in [0.25, 0.3) is 0 Å². The number of fused-ring (bicyclic) bond motifs is 1. The van der Waals surface area contributed by atoms with Crippen LogP contribution in [-0.2, 0) is 17.6 Å². The molecule has 20 heavy (non-hydrogen) atoms. The molecule has 104 valence electrons. The number of esters is 1. The zero-order valence-electron chi connectivity index (χ0n) is 11.6. The summed E-state index contributed by atoms with van der Waals surface area (Å²) in [6, 6.07) is 12.7. The predicted molar refractivity (Wildman–Crippen MR) is 81.5 cm³/mol. The largest absolute Gasteiger partial charge is 0.462 e. The van der Waals surface area contributed by atoms with Crippen LogP contribution < -0.4 is 0 Å². The summed E-state index contributed by atoms with van der Waals surface area (Å²) < 4.78 is 5.09.